The molecule has 7 heteroatoms. The molecule has 0 spiro atoms. The number of hydrogen-bond donors (Lipinski definition) is 2. The van der Waals surface area contributed by atoms with Gasteiger partial charge in [-0.05, 0) is 23.4 Å². The minimum absolute atomic E-state index is 0.136. The van der Waals surface area contributed by atoms with Crippen LogP contribution in [0.1, 0.15) is 35.0 Å². The number of nitrogens with one attached hydrogen (secondary N) is 1. The first-order valence-electron chi connectivity index (χ1n) is 7.04. The van der Waals surface area contributed by atoms with Gasteiger partial charge < -0.3 is 10.4 Å². The third kappa shape index (κ3) is 3.40. The van der Waals surface area contributed by atoms with E-state index < -0.39 is 5.97 Å². The summed E-state index contributed by atoms with van der Waals surface area (Å²) in [5.74, 6) is -0.322. The minimum Gasteiger partial charge on any atom is -0.478 e. The van der Waals surface area contributed by atoms with Gasteiger partial charge in [0.25, 0.3) is 0 Å². The van der Waals surface area contributed by atoms with Crippen LogP contribution >= 0.6 is 22.7 Å². The number of hydrogen-bond acceptors (Lipinski definition) is 6. The Balaban J connectivity index is 1.93. The summed E-state index contributed by atoms with van der Waals surface area (Å²) in [6.07, 6.45) is 3.48. The van der Waals surface area contributed by atoms with Crippen molar-refractivity contribution >= 4 is 39.6 Å². The molecule has 0 aliphatic heterocycles. The van der Waals surface area contributed by atoms with E-state index in [0.717, 1.165) is 15.3 Å². The Kier molecular flexibility index (Phi) is 4.40. The molecule has 3 rings (SSSR count). The van der Waals surface area contributed by atoms with Crippen molar-refractivity contribution in [1.29, 1.82) is 0 Å². The van der Waals surface area contributed by atoms with Crippen LogP contribution < -0.4 is 5.32 Å². The standard InChI is InChI=1S/C16H15N3O2S2/c1-9(2)13-8-18-16(23-13)19-14-11(15(20)21)6-10(7-17-14)12-4-3-5-22-12/h3-9H,1-2H3,(H,20,21)(H,17,18,19). The highest BCUT2D eigenvalue weighted by atomic mass is 32.1. The number of carboxylic acid groups (broad SMARTS) is 1. The molecule has 0 radical (unpaired) electrons. The zero-order valence-electron chi connectivity index (χ0n) is 12.6. The second-order valence-corrected chi connectivity index (χ2v) is 7.26. The zero-order chi connectivity index (χ0) is 16.4. The van der Waals surface area contributed by atoms with Crippen LogP contribution in [0, 0.1) is 0 Å². The average molecular weight is 345 g/mol. The molecule has 3 aromatic heterocycles. The Labute approximate surface area is 141 Å². The molecule has 0 amide bonds. The first-order valence-corrected chi connectivity index (χ1v) is 8.74. The van der Waals surface area contributed by atoms with Crippen molar-refractivity contribution in [2.24, 2.45) is 0 Å². The Morgan fingerprint density at radius 1 is 1.30 bits per heavy atom. The molecule has 0 atom stereocenters. The van der Waals surface area contributed by atoms with Crippen LogP contribution in [-0.2, 0) is 0 Å². The molecule has 3 aromatic rings. The van der Waals surface area contributed by atoms with Crippen molar-refractivity contribution in [1.82, 2.24) is 9.97 Å². The monoisotopic (exact) mass is 345 g/mol. The van der Waals surface area contributed by atoms with Crippen molar-refractivity contribution in [2.75, 3.05) is 5.32 Å². The molecule has 0 saturated carbocycles. The minimum atomic E-state index is -1.01. The maximum absolute atomic E-state index is 11.6. The Morgan fingerprint density at radius 3 is 2.74 bits per heavy atom. The summed E-state index contributed by atoms with van der Waals surface area (Å²) in [6, 6.07) is 5.51. The van der Waals surface area contributed by atoms with Crippen LogP contribution in [0.3, 0.4) is 0 Å². The number of thiazole rings is 1. The lowest BCUT2D eigenvalue weighted by atomic mass is 10.1. The predicted octanol–water partition coefficient (Wildman–Crippen LogP) is 4.83. The van der Waals surface area contributed by atoms with Gasteiger partial charge in [0, 0.05) is 27.7 Å². The van der Waals surface area contributed by atoms with Gasteiger partial charge in [0.05, 0.1) is 0 Å². The predicted molar refractivity (Wildman–Crippen MR) is 94.0 cm³/mol. The Morgan fingerprint density at radius 2 is 2.13 bits per heavy atom. The van der Waals surface area contributed by atoms with Crippen molar-refractivity contribution in [3.63, 3.8) is 0 Å². The highest BCUT2D eigenvalue weighted by Gasteiger charge is 2.15. The fraction of sp³-hybridized carbons (Fsp3) is 0.188. The molecule has 0 aliphatic rings. The van der Waals surface area contributed by atoms with E-state index in [0.29, 0.717) is 16.9 Å². The summed E-state index contributed by atoms with van der Waals surface area (Å²) >= 11 is 3.05. The molecule has 5 nitrogen and oxygen atoms in total. The van der Waals surface area contributed by atoms with Crippen LogP contribution in [0.25, 0.3) is 10.4 Å². The average Bonchev–Trinajstić information content (AvgIpc) is 3.18. The zero-order valence-corrected chi connectivity index (χ0v) is 14.2. The SMILES string of the molecule is CC(C)c1cnc(Nc2ncc(-c3cccs3)cc2C(=O)O)s1. The molecule has 23 heavy (non-hydrogen) atoms. The van der Waals surface area contributed by atoms with Gasteiger partial charge in [-0.25, -0.2) is 14.8 Å². The summed E-state index contributed by atoms with van der Waals surface area (Å²) in [6.45, 7) is 4.18. The van der Waals surface area contributed by atoms with E-state index in [-0.39, 0.29) is 5.56 Å². The number of carboxylic acids is 1. The summed E-state index contributed by atoms with van der Waals surface area (Å²) < 4.78 is 0. The number of thiophene rings is 1. The summed E-state index contributed by atoms with van der Waals surface area (Å²) in [5.41, 5.74) is 0.933. The van der Waals surface area contributed by atoms with Crippen LogP contribution in [0.15, 0.2) is 36.0 Å². The van der Waals surface area contributed by atoms with Gasteiger partial charge in [-0.1, -0.05) is 19.9 Å². The van der Waals surface area contributed by atoms with Gasteiger partial charge in [-0.15, -0.1) is 22.7 Å². The smallest absolute Gasteiger partial charge is 0.339 e. The number of rotatable bonds is 5. The molecule has 2 N–H and O–H groups in total. The first kappa shape index (κ1) is 15.6. The molecule has 3 heterocycles. The molecular weight excluding hydrogens is 330 g/mol. The van der Waals surface area contributed by atoms with Crippen molar-refractivity contribution in [3.05, 3.63) is 46.4 Å². The molecule has 0 aliphatic carbocycles. The van der Waals surface area contributed by atoms with E-state index in [9.17, 15) is 9.90 Å². The maximum Gasteiger partial charge on any atom is 0.339 e. The molecule has 118 valence electrons. The summed E-state index contributed by atoms with van der Waals surface area (Å²) in [4.78, 5) is 22.2. The number of anilines is 2. The fourth-order valence-electron chi connectivity index (χ4n) is 2.02. The quantitative estimate of drug-likeness (QED) is 0.692. The van der Waals surface area contributed by atoms with Crippen LogP contribution in [0.5, 0.6) is 0 Å². The number of nitrogens with zero attached hydrogens (tertiary/aromatic N) is 2. The number of pyridine rings is 1. The van der Waals surface area contributed by atoms with E-state index in [4.69, 9.17) is 0 Å². The van der Waals surface area contributed by atoms with E-state index in [1.807, 2.05) is 17.5 Å². The van der Waals surface area contributed by atoms with Gasteiger partial charge >= 0.3 is 5.97 Å². The van der Waals surface area contributed by atoms with E-state index >= 15 is 0 Å². The molecule has 0 unspecified atom stereocenters. The van der Waals surface area contributed by atoms with Crippen molar-refractivity contribution < 1.29 is 9.90 Å². The van der Waals surface area contributed by atoms with Crippen molar-refractivity contribution in [3.8, 4) is 10.4 Å². The third-order valence-electron chi connectivity index (χ3n) is 3.24. The summed E-state index contributed by atoms with van der Waals surface area (Å²) in [5, 5.41) is 15.1. The summed E-state index contributed by atoms with van der Waals surface area (Å²) in [7, 11) is 0. The largest absolute Gasteiger partial charge is 0.478 e. The lowest BCUT2D eigenvalue weighted by Crippen LogP contribution is -2.05. The lowest BCUT2D eigenvalue weighted by molar-refractivity contribution is 0.0697. The van der Waals surface area contributed by atoms with E-state index in [1.165, 1.54) is 11.3 Å². The molecule has 0 saturated heterocycles. The maximum atomic E-state index is 11.6. The first-order chi connectivity index (χ1) is 11.0. The molecule has 0 fully saturated rings. The number of aromatic carboxylic acids is 1. The highest BCUT2D eigenvalue weighted by Crippen LogP contribution is 2.30. The molecular formula is C16H15N3O2S2. The Hall–Kier alpha value is -2.25. The topological polar surface area (TPSA) is 75.1 Å². The Bertz CT molecular complexity index is 826. The second kappa shape index (κ2) is 6.47. The normalized spacial score (nSPS) is 10.9. The fourth-order valence-corrected chi connectivity index (χ4v) is 3.54. The van der Waals surface area contributed by atoms with Crippen LogP contribution in [0.4, 0.5) is 10.9 Å². The molecule has 0 bridgehead atoms. The number of aromatic nitrogens is 2. The highest BCUT2D eigenvalue weighted by molar-refractivity contribution is 7.15. The van der Waals surface area contributed by atoms with Gasteiger partial charge in [-0.2, -0.15) is 0 Å². The van der Waals surface area contributed by atoms with E-state index in [1.54, 1.807) is 29.8 Å². The van der Waals surface area contributed by atoms with Crippen LogP contribution in [0.2, 0.25) is 0 Å². The number of carbonyl (C=O) groups is 1. The molecule has 0 aromatic carbocycles. The third-order valence-corrected chi connectivity index (χ3v) is 5.37. The second-order valence-electron chi connectivity index (χ2n) is 5.25. The van der Waals surface area contributed by atoms with Gasteiger partial charge in [0.1, 0.15) is 11.4 Å². The van der Waals surface area contributed by atoms with Crippen LogP contribution in [-0.4, -0.2) is 21.0 Å². The van der Waals surface area contributed by atoms with Crippen molar-refractivity contribution in [2.45, 2.75) is 19.8 Å². The lowest BCUT2D eigenvalue weighted by Gasteiger charge is -2.07. The van der Waals surface area contributed by atoms with E-state index in [2.05, 4.69) is 29.1 Å². The van der Waals surface area contributed by atoms with Gasteiger partial charge in [0.2, 0.25) is 0 Å². The van der Waals surface area contributed by atoms with Gasteiger partial charge in [0.15, 0.2) is 5.13 Å². The van der Waals surface area contributed by atoms with Gasteiger partial charge in [-0.3, -0.25) is 0 Å².